The van der Waals surface area contributed by atoms with E-state index >= 15 is 0 Å². The molecule has 1 aromatic rings. The smallest absolute Gasteiger partial charge is 0.228 e. The van der Waals surface area contributed by atoms with E-state index in [0.29, 0.717) is 28.3 Å². The molecule has 1 saturated heterocycles. The van der Waals surface area contributed by atoms with Gasteiger partial charge in [0.1, 0.15) is 4.60 Å². The molecule has 15 heavy (non-hydrogen) atoms. The number of carbonyl (C=O) groups excluding carboxylic acids is 1. The van der Waals surface area contributed by atoms with E-state index in [1.807, 2.05) is 0 Å². The minimum absolute atomic E-state index is 0.000216. The number of pyridine rings is 1. The maximum absolute atomic E-state index is 11.6. The van der Waals surface area contributed by atoms with Crippen molar-refractivity contribution in [3.63, 3.8) is 0 Å². The highest BCUT2D eigenvalue weighted by atomic mass is 79.9. The van der Waals surface area contributed by atoms with E-state index in [9.17, 15) is 4.79 Å². The van der Waals surface area contributed by atoms with E-state index < -0.39 is 0 Å². The average molecular weight is 310 g/mol. The van der Waals surface area contributed by atoms with Crippen LogP contribution in [0.5, 0.6) is 0 Å². The van der Waals surface area contributed by atoms with Crippen molar-refractivity contribution in [1.29, 1.82) is 0 Å². The number of nitrogens with zero attached hydrogens (tertiary/aromatic N) is 2. The Bertz CT molecular complexity index is 413. The van der Waals surface area contributed by atoms with Crippen LogP contribution in [0.4, 0.5) is 5.69 Å². The normalized spacial score (nSPS) is 21.1. The van der Waals surface area contributed by atoms with Crippen molar-refractivity contribution in [2.75, 3.05) is 11.4 Å². The summed E-state index contributed by atoms with van der Waals surface area (Å²) < 4.78 is 0.603. The highest BCUT2D eigenvalue weighted by molar-refractivity contribution is 9.10. The first-order valence-corrected chi connectivity index (χ1v) is 5.94. The van der Waals surface area contributed by atoms with Gasteiger partial charge in [-0.2, -0.15) is 0 Å². The number of hydrogen-bond acceptors (Lipinski definition) is 2. The first kappa shape index (κ1) is 11.2. The van der Waals surface area contributed by atoms with Crippen LogP contribution in [-0.4, -0.2) is 22.8 Å². The van der Waals surface area contributed by atoms with E-state index in [0.717, 1.165) is 0 Å². The van der Waals surface area contributed by atoms with Gasteiger partial charge in [-0.25, -0.2) is 4.98 Å². The molecule has 1 aromatic heterocycles. The van der Waals surface area contributed by atoms with Gasteiger partial charge < -0.3 is 4.90 Å². The molecular formula is C9H7BrCl2N2O. The molecule has 80 valence electrons. The van der Waals surface area contributed by atoms with E-state index in [2.05, 4.69) is 20.9 Å². The molecule has 0 saturated carbocycles. The summed E-state index contributed by atoms with van der Waals surface area (Å²) in [6, 6.07) is 1.70. The van der Waals surface area contributed by atoms with Gasteiger partial charge in [0.05, 0.1) is 16.1 Å². The van der Waals surface area contributed by atoms with E-state index in [4.69, 9.17) is 23.2 Å². The van der Waals surface area contributed by atoms with Gasteiger partial charge in [0.15, 0.2) is 0 Å². The fourth-order valence-electron chi connectivity index (χ4n) is 1.50. The molecule has 1 unspecified atom stereocenters. The van der Waals surface area contributed by atoms with Gasteiger partial charge in [-0.05, 0) is 22.0 Å². The maximum Gasteiger partial charge on any atom is 0.228 e. The van der Waals surface area contributed by atoms with Crippen molar-refractivity contribution >= 4 is 50.7 Å². The monoisotopic (exact) mass is 308 g/mol. The Balaban J connectivity index is 2.37. The van der Waals surface area contributed by atoms with Crippen molar-refractivity contribution in [2.24, 2.45) is 0 Å². The number of carbonyl (C=O) groups is 1. The number of anilines is 1. The SMILES string of the molecule is O=C1CC(Cl)CN1c1cc(Cl)cnc1Br. The van der Waals surface area contributed by atoms with Crippen molar-refractivity contribution in [1.82, 2.24) is 4.98 Å². The maximum atomic E-state index is 11.6. The van der Waals surface area contributed by atoms with Crippen LogP contribution in [-0.2, 0) is 4.79 Å². The van der Waals surface area contributed by atoms with Crippen LogP contribution in [0.25, 0.3) is 0 Å². The summed E-state index contributed by atoms with van der Waals surface area (Å²) in [6.45, 7) is 0.501. The zero-order chi connectivity index (χ0) is 11.0. The second-order valence-corrected chi connectivity index (χ2v) is 5.07. The molecule has 6 heteroatoms. The predicted octanol–water partition coefficient (Wildman–Crippen LogP) is 2.84. The second-order valence-electron chi connectivity index (χ2n) is 3.27. The van der Waals surface area contributed by atoms with Gasteiger partial charge in [-0.3, -0.25) is 4.79 Å². The fourth-order valence-corrected chi connectivity index (χ4v) is 2.35. The number of halogens is 3. The van der Waals surface area contributed by atoms with Gasteiger partial charge in [0.2, 0.25) is 5.91 Å². The van der Waals surface area contributed by atoms with Crippen molar-refractivity contribution in [3.8, 4) is 0 Å². The average Bonchev–Trinajstić information content (AvgIpc) is 2.50. The molecule has 1 aliphatic heterocycles. The zero-order valence-electron chi connectivity index (χ0n) is 7.58. The number of rotatable bonds is 1. The summed E-state index contributed by atoms with van der Waals surface area (Å²) >= 11 is 15.0. The lowest BCUT2D eigenvalue weighted by atomic mass is 10.4. The molecule has 1 atom stereocenters. The summed E-state index contributed by atoms with van der Waals surface area (Å²) in [4.78, 5) is 17.2. The largest absolute Gasteiger partial charge is 0.308 e. The lowest BCUT2D eigenvalue weighted by molar-refractivity contribution is -0.117. The number of amides is 1. The summed E-state index contributed by atoms with van der Waals surface area (Å²) in [6.07, 6.45) is 1.88. The molecule has 1 fully saturated rings. The molecule has 0 radical (unpaired) electrons. The summed E-state index contributed by atoms with van der Waals surface area (Å²) in [7, 11) is 0. The van der Waals surface area contributed by atoms with Gasteiger partial charge in [0.25, 0.3) is 0 Å². The molecule has 1 aliphatic rings. The van der Waals surface area contributed by atoms with Crippen LogP contribution in [0.15, 0.2) is 16.9 Å². The topological polar surface area (TPSA) is 33.2 Å². The van der Waals surface area contributed by atoms with Crippen LogP contribution in [0, 0.1) is 0 Å². The third-order valence-electron chi connectivity index (χ3n) is 2.16. The van der Waals surface area contributed by atoms with Crippen LogP contribution in [0.1, 0.15) is 6.42 Å². The Morgan fingerprint density at radius 1 is 1.60 bits per heavy atom. The number of hydrogen-bond donors (Lipinski definition) is 0. The number of aromatic nitrogens is 1. The quantitative estimate of drug-likeness (QED) is 0.590. The van der Waals surface area contributed by atoms with Crippen LogP contribution >= 0.6 is 39.1 Å². The molecule has 2 heterocycles. The first-order valence-electron chi connectivity index (χ1n) is 4.33. The zero-order valence-corrected chi connectivity index (χ0v) is 10.7. The molecule has 3 nitrogen and oxygen atoms in total. The Labute approximate surface area is 106 Å². The molecule has 0 N–H and O–H groups in total. The first-order chi connectivity index (χ1) is 7.08. The second kappa shape index (κ2) is 4.28. The molecule has 0 spiro atoms. The molecule has 2 rings (SSSR count). The summed E-state index contributed by atoms with van der Waals surface area (Å²) in [5.41, 5.74) is 0.677. The Morgan fingerprint density at radius 3 is 2.93 bits per heavy atom. The predicted molar refractivity (Wildman–Crippen MR) is 63.6 cm³/mol. The van der Waals surface area contributed by atoms with Crippen molar-refractivity contribution < 1.29 is 4.79 Å². The van der Waals surface area contributed by atoms with Gasteiger partial charge in [0, 0.05) is 19.2 Å². The van der Waals surface area contributed by atoms with Gasteiger partial charge in [-0.1, -0.05) is 11.6 Å². The third kappa shape index (κ3) is 2.27. The molecule has 0 aromatic carbocycles. The van der Waals surface area contributed by atoms with Crippen LogP contribution in [0.2, 0.25) is 5.02 Å². The minimum Gasteiger partial charge on any atom is -0.308 e. The summed E-state index contributed by atoms with van der Waals surface area (Å²) in [5.74, 6) is -0.000216. The standard InChI is InChI=1S/C9H7BrCl2N2O/c10-9-7(1-5(11)3-13-9)14-4-6(12)2-8(14)15/h1,3,6H,2,4H2. The highest BCUT2D eigenvalue weighted by Crippen LogP contribution is 2.31. The Hall–Kier alpha value is -0.320. The highest BCUT2D eigenvalue weighted by Gasteiger charge is 2.30. The van der Waals surface area contributed by atoms with Crippen LogP contribution < -0.4 is 4.90 Å². The molecule has 0 bridgehead atoms. The number of alkyl halides is 1. The van der Waals surface area contributed by atoms with Crippen molar-refractivity contribution in [2.45, 2.75) is 11.8 Å². The van der Waals surface area contributed by atoms with Gasteiger partial charge >= 0.3 is 0 Å². The molecule has 0 aliphatic carbocycles. The lowest BCUT2D eigenvalue weighted by Gasteiger charge is -2.16. The fraction of sp³-hybridized carbons (Fsp3) is 0.333. The van der Waals surface area contributed by atoms with Crippen LogP contribution in [0.3, 0.4) is 0 Å². The molecule has 1 amide bonds. The Kier molecular flexibility index (Phi) is 3.19. The van der Waals surface area contributed by atoms with E-state index in [-0.39, 0.29) is 11.3 Å². The van der Waals surface area contributed by atoms with E-state index in [1.165, 1.54) is 6.20 Å². The van der Waals surface area contributed by atoms with Gasteiger partial charge in [-0.15, -0.1) is 11.6 Å². The minimum atomic E-state index is -0.136. The summed E-state index contributed by atoms with van der Waals surface area (Å²) in [5, 5.41) is 0.363. The third-order valence-corrected chi connectivity index (χ3v) is 3.27. The Morgan fingerprint density at radius 2 is 2.33 bits per heavy atom. The molecular weight excluding hydrogens is 303 g/mol. The van der Waals surface area contributed by atoms with Crippen molar-refractivity contribution in [3.05, 3.63) is 21.9 Å². The lowest BCUT2D eigenvalue weighted by Crippen LogP contribution is -2.25. The van der Waals surface area contributed by atoms with E-state index in [1.54, 1.807) is 11.0 Å².